The maximum absolute atomic E-state index is 6.30. The van der Waals surface area contributed by atoms with Crippen molar-refractivity contribution in [3.05, 3.63) is 44.4 Å². The quantitative estimate of drug-likeness (QED) is 0.581. The third-order valence-corrected chi connectivity index (χ3v) is 5.16. The molecule has 0 saturated heterocycles. The Balaban J connectivity index is 2.08. The third kappa shape index (κ3) is 3.00. The van der Waals surface area contributed by atoms with Crippen LogP contribution in [0.15, 0.2) is 28.9 Å². The molecule has 0 aliphatic rings. The molecule has 21 heavy (non-hydrogen) atoms. The first-order valence-electron chi connectivity index (χ1n) is 6.81. The van der Waals surface area contributed by atoms with Crippen LogP contribution in [0.2, 0.25) is 0 Å². The van der Waals surface area contributed by atoms with Crippen LogP contribution >= 0.6 is 38.9 Å². The van der Waals surface area contributed by atoms with Crippen molar-refractivity contribution in [2.24, 2.45) is 0 Å². The van der Waals surface area contributed by atoms with Crippen LogP contribution in [0.5, 0.6) is 0 Å². The number of fused-ring (bicyclic) bond motifs is 1. The first kappa shape index (κ1) is 15.0. The molecule has 1 unspecified atom stereocenters. The summed E-state index contributed by atoms with van der Waals surface area (Å²) in [5.74, 6) is 0.865. The zero-order chi connectivity index (χ0) is 15.0. The average Bonchev–Trinajstić information content (AvgIpc) is 3.04. The maximum atomic E-state index is 6.30. The molecule has 0 spiro atoms. The van der Waals surface area contributed by atoms with E-state index in [2.05, 4.69) is 49.5 Å². The van der Waals surface area contributed by atoms with E-state index >= 15 is 0 Å². The maximum Gasteiger partial charge on any atom is 0.160 e. The van der Waals surface area contributed by atoms with E-state index in [1.54, 1.807) is 6.20 Å². The number of nitrogens with zero attached hydrogens (tertiary/aromatic N) is 3. The van der Waals surface area contributed by atoms with Gasteiger partial charge in [-0.2, -0.15) is 0 Å². The molecular formula is C15H15BrClN3S. The van der Waals surface area contributed by atoms with E-state index < -0.39 is 0 Å². The van der Waals surface area contributed by atoms with E-state index in [1.165, 1.54) is 9.75 Å². The Labute approximate surface area is 141 Å². The first-order chi connectivity index (χ1) is 10.1. The van der Waals surface area contributed by atoms with Gasteiger partial charge in [-0.25, -0.2) is 9.97 Å². The molecule has 0 bridgehead atoms. The van der Waals surface area contributed by atoms with Gasteiger partial charge in [0, 0.05) is 20.4 Å². The summed E-state index contributed by atoms with van der Waals surface area (Å²) in [5.41, 5.74) is 1.76. The Morgan fingerprint density at radius 1 is 1.38 bits per heavy atom. The predicted octanol–water partition coefficient (Wildman–Crippen LogP) is 5.17. The molecule has 3 nitrogen and oxygen atoms in total. The molecule has 3 heterocycles. The molecule has 0 radical (unpaired) electrons. The molecule has 0 aromatic carbocycles. The fraction of sp³-hybridized carbons (Fsp3) is 0.333. The summed E-state index contributed by atoms with van der Waals surface area (Å²) < 4.78 is 3.04. The fourth-order valence-corrected chi connectivity index (χ4v) is 3.75. The van der Waals surface area contributed by atoms with E-state index in [9.17, 15) is 0 Å². The number of alkyl halides is 1. The molecule has 1 atom stereocenters. The summed E-state index contributed by atoms with van der Waals surface area (Å²) in [6.45, 7) is 4.88. The number of aromatic nitrogens is 3. The number of thiophene rings is 1. The van der Waals surface area contributed by atoms with Gasteiger partial charge in [0.1, 0.15) is 11.3 Å². The second kappa shape index (κ2) is 6.07. The standard InChI is InChI=1S/C15H15BrClN3S/c1-3-11-4-5-12(21-11)8-20-14(9(2)17)19-13-6-10(16)7-18-15(13)20/h4-7,9H,3,8H2,1-2H3. The molecule has 3 aromatic rings. The summed E-state index contributed by atoms with van der Waals surface area (Å²) in [4.78, 5) is 11.8. The van der Waals surface area contributed by atoms with Gasteiger partial charge in [-0.3, -0.25) is 0 Å². The zero-order valence-corrected chi connectivity index (χ0v) is 15.0. The second-order valence-corrected chi connectivity index (χ2v) is 7.71. The minimum absolute atomic E-state index is 0.149. The Kier molecular flexibility index (Phi) is 4.33. The van der Waals surface area contributed by atoms with Crippen molar-refractivity contribution in [1.82, 2.24) is 14.5 Å². The smallest absolute Gasteiger partial charge is 0.160 e. The molecule has 110 valence electrons. The predicted molar refractivity (Wildman–Crippen MR) is 92.3 cm³/mol. The van der Waals surface area contributed by atoms with Gasteiger partial charge in [0.2, 0.25) is 0 Å². The van der Waals surface area contributed by atoms with Gasteiger partial charge in [0.15, 0.2) is 5.65 Å². The van der Waals surface area contributed by atoms with Crippen LogP contribution in [-0.4, -0.2) is 14.5 Å². The number of hydrogen-bond donors (Lipinski definition) is 0. The van der Waals surface area contributed by atoms with Gasteiger partial charge in [-0.05, 0) is 47.5 Å². The number of aryl methyl sites for hydroxylation is 1. The molecule has 0 N–H and O–H groups in total. The highest BCUT2D eigenvalue weighted by molar-refractivity contribution is 9.10. The first-order valence-corrected chi connectivity index (χ1v) is 8.86. The molecule has 0 amide bonds. The normalized spacial score (nSPS) is 13.0. The topological polar surface area (TPSA) is 30.7 Å². The molecule has 0 aliphatic heterocycles. The van der Waals surface area contributed by atoms with Crippen molar-refractivity contribution >= 4 is 50.0 Å². The molecular weight excluding hydrogens is 370 g/mol. The van der Waals surface area contributed by atoms with Crippen LogP contribution in [0, 0.1) is 0 Å². The van der Waals surface area contributed by atoms with Crippen LogP contribution in [0.25, 0.3) is 11.2 Å². The van der Waals surface area contributed by atoms with Crippen LogP contribution in [-0.2, 0) is 13.0 Å². The highest BCUT2D eigenvalue weighted by atomic mass is 79.9. The van der Waals surface area contributed by atoms with E-state index in [0.717, 1.165) is 34.4 Å². The number of hydrogen-bond acceptors (Lipinski definition) is 3. The molecule has 0 aliphatic carbocycles. The van der Waals surface area contributed by atoms with Crippen LogP contribution in [0.1, 0.15) is 34.8 Å². The summed E-state index contributed by atoms with van der Waals surface area (Å²) in [7, 11) is 0. The Bertz CT molecular complexity index is 778. The van der Waals surface area contributed by atoms with Crippen molar-refractivity contribution in [3.63, 3.8) is 0 Å². The fourth-order valence-electron chi connectivity index (χ4n) is 2.32. The van der Waals surface area contributed by atoms with Gasteiger partial charge in [0.05, 0.1) is 11.9 Å². The van der Waals surface area contributed by atoms with Crippen molar-refractivity contribution in [2.75, 3.05) is 0 Å². The number of rotatable bonds is 4. The summed E-state index contributed by atoms with van der Waals surface area (Å²) in [6, 6.07) is 6.34. The summed E-state index contributed by atoms with van der Waals surface area (Å²) in [5, 5.41) is -0.149. The Hall–Kier alpha value is -0.910. The van der Waals surface area contributed by atoms with Crippen molar-refractivity contribution in [2.45, 2.75) is 32.2 Å². The SMILES string of the molecule is CCc1ccc(Cn2c(C(C)Cl)nc3cc(Br)cnc32)s1. The highest BCUT2D eigenvalue weighted by Crippen LogP contribution is 2.27. The van der Waals surface area contributed by atoms with E-state index in [0.29, 0.717) is 0 Å². The summed E-state index contributed by atoms with van der Waals surface area (Å²) >= 11 is 11.6. The van der Waals surface area contributed by atoms with Crippen molar-refractivity contribution < 1.29 is 0 Å². The Morgan fingerprint density at radius 3 is 2.81 bits per heavy atom. The Morgan fingerprint density at radius 2 is 2.14 bits per heavy atom. The van der Waals surface area contributed by atoms with Crippen LogP contribution in [0.3, 0.4) is 0 Å². The van der Waals surface area contributed by atoms with Gasteiger partial charge < -0.3 is 4.57 Å². The minimum atomic E-state index is -0.149. The minimum Gasteiger partial charge on any atom is -0.306 e. The highest BCUT2D eigenvalue weighted by Gasteiger charge is 2.17. The molecule has 3 aromatic heterocycles. The van der Waals surface area contributed by atoms with E-state index in [4.69, 9.17) is 11.6 Å². The lowest BCUT2D eigenvalue weighted by molar-refractivity contribution is 0.744. The van der Waals surface area contributed by atoms with Crippen LogP contribution in [0.4, 0.5) is 0 Å². The van der Waals surface area contributed by atoms with Crippen LogP contribution < -0.4 is 0 Å². The van der Waals surface area contributed by atoms with Gasteiger partial charge in [-0.15, -0.1) is 22.9 Å². The van der Waals surface area contributed by atoms with Crippen molar-refractivity contribution in [1.29, 1.82) is 0 Å². The van der Waals surface area contributed by atoms with E-state index in [-0.39, 0.29) is 5.38 Å². The largest absolute Gasteiger partial charge is 0.306 e. The second-order valence-electron chi connectivity index (χ2n) is 4.89. The third-order valence-electron chi connectivity index (χ3n) is 3.32. The lowest BCUT2D eigenvalue weighted by atomic mass is 10.3. The summed E-state index contributed by atoms with van der Waals surface area (Å²) in [6.07, 6.45) is 2.87. The lowest BCUT2D eigenvalue weighted by Gasteiger charge is -2.08. The van der Waals surface area contributed by atoms with Gasteiger partial charge in [0.25, 0.3) is 0 Å². The number of imidazole rings is 1. The lowest BCUT2D eigenvalue weighted by Crippen LogP contribution is -2.05. The monoisotopic (exact) mass is 383 g/mol. The zero-order valence-electron chi connectivity index (χ0n) is 11.8. The van der Waals surface area contributed by atoms with Gasteiger partial charge >= 0.3 is 0 Å². The molecule has 0 fully saturated rings. The molecule has 6 heteroatoms. The number of halogens is 2. The molecule has 3 rings (SSSR count). The molecule has 0 saturated carbocycles. The van der Waals surface area contributed by atoms with Crippen molar-refractivity contribution in [3.8, 4) is 0 Å². The average molecular weight is 385 g/mol. The van der Waals surface area contributed by atoms with Gasteiger partial charge in [-0.1, -0.05) is 6.92 Å². The number of pyridine rings is 1. The van der Waals surface area contributed by atoms with E-state index in [1.807, 2.05) is 24.3 Å².